The summed E-state index contributed by atoms with van der Waals surface area (Å²) in [4.78, 5) is 38.6. The zero-order chi connectivity index (χ0) is 21.1. The van der Waals surface area contributed by atoms with Gasteiger partial charge in [0.05, 0.1) is 12.2 Å². The first kappa shape index (κ1) is 20.6. The second kappa shape index (κ2) is 8.48. The van der Waals surface area contributed by atoms with E-state index in [2.05, 4.69) is 20.5 Å². The van der Waals surface area contributed by atoms with Gasteiger partial charge >= 0.3 is 5.69 Å². The number of anilines is 1. The summed E-state index contributed by atoms with van der Waals surface area (Å²) in [6, 6.07) is 5.71. The van der Waals surface area contributed by atoms with Gasteiger partial charge in [0.1, 0.15) is 0 Å². The molecular formula is C19H21N5O4S. The molecule has 0 spiro atoms. The number of nitrogens with zero attached hydrogens (tertiary/aromatic N) is 3. The number of rotatable bonds is 6. The fourth-order valence-corrected chi connectivity index (χ4v) is 3.23. The number of benzene rings is 1. The standard InChI is InChI=1S/C19H21N5O4S/c1-10-5-6-13(7-11(10)2)21-15(25)9-29-19-23-22-16(28-19)8-14-12(3)20-18(27)24(4)17(14)26/h5-7H,8-9H2,1-4H3,(H,20,27)(H,21,25). The third-order valence-corrected chi connectivity index (χ3v) is 5.33. The fraction of sp³-hybridized carbons (Fsp3) is 0.316. The Kier molecular flexibility index (Phi) is 6.02. The molecule has 29 heavy (non-hydrogen) atoms. The molecule has 0 saturated heterocycles. The molecule has 0 fully saturated rings. The van der Waals surface area contributed by atoms with Crippen molar-refractivity contribution in [1.29, 1.82) is 0 Å². The number of hydrogen-bond acceptors (Lipinski definition) is 7. The number of H-pyrrole nitrogens is 1. The molecule has 0 aliphatic heterocycles. The molecule has 3 rings (SSSR count). The van der Waals surface area contributed by atoms with Crippen molar-refractivity contribution in [3.05, 3.63) is 67.3 Å². The van der Waals surface area contributed by atoms with E-state index < -0.39 is 11.2 Å². The van der Waals surface area contributed by atoms with Crippen molar-refractivity contribution in [1.82, 2.24) is 19.7 Å². The van der Waals surface area contributed by atoms with Gasteiger partial charge in [-0.3, -0.25) is 14.2 Å². The van der Waals surface area contributed by atoms with Crippen LogP contribution in [0.3, 0.4) is 0 Å². The lowest BCUT2D eigenvalue weighted by atomic mass is 10.1. The summed E-state index contributed by atoms with van der Waals surface area (Å²) in [5.41, 5.74) is 2.93. The first-order valence-corrected chi connectivity index (χ1v) is 9.84. The van der Waals surface area contributed by atoms with E-state index in [0.29, 0.717) is 11.3 Å². The Morgan fingerprint density at radius 2 is 1.97 bits per heavy atom. The van der Waals surface area contributed by atoms with Gasteiger partial charge in [0, 0.05) is 24.0 Å². The molecule has 9 nitrogen and oxygen atoms in total. The van der Waals surface area contributed by atoms with E-state index in [4.69, 9.17) is 4.42 Å². The van der Waals surface area contributed by atoms with Crippen molar-refractivity contribution in [3.63, 3.8) is 0 Å². The maximum atomic E-state index is 12.3. The summed E-state index contributed by atoms with van der Waals surface area (Å²) < 4.78 is 6.52. The largest absolute Gasteiger partial charge is 0.416 e. The molecule has 3 aromatic rings. The van der Waals surface area contributed by atoms with Gasteiger partial charge in [-0.05, 0) is 44.0 Å². The first-order valence-electron chi connectivity index (χ1n) is 8.85. The number of amides is 1. The molecule has 0 atom stereocenters. The highest BCUT2D eigenvalue weighted by molar-refractivity contribution is 7.99. The molecule has 2 heterocycles. The summed E-state index contributed by atoms with van der Waals surface area (Å²) in [5, 5.41) is 10.9. The normalized spacial score (nSPS) is 10.9. The number of nitrogens with one attached hydrogen (secondary N) is 2. The predicted molar refractivity (Wildman–Crippen MR) is 109 cm³/mol. The molecule has 1 amide bonds. The highest BCUT2D eigenvalue weighted by Crippen LogP contribution is 2.19. The number of aryl methyl sites for hydroxylation is 3. The fourth-order valence-electron chi connectivity index (χ4n) is 2.65. The van der Waals surface area contributed by atoms with E-state index in [1.807, 2.05) is 32.0 Å². The summed E-state index contributed by atoms with van der Waals surface area (Å²) in [7, 11) is 1.40. The average Bonchev–Trinajstić information content (AvgIpc) is 3.12. The van der Waals surface area contributed by atoms with Crippen LogP contribution in [-0.2, 0) is 18.3 Å². The molecule has 10 heteroatoms. The van der Waals surface area contributed by atoms with Crippen LogP contribution in [0.25, 0.3) is 0 Å². The summed E-state index contributed by atoms with van der Waals surface area (Å²) >= 11 is 1.11. The van der Waals surface area contributed by atoms with Crippen molar-refractivity contribution in [2.24, 2.45) is 7.05 Å². The van der Waals surface area contributed by atoms with Gasteiger partial charge in [-0.2, -0.15) is 0 Å². The minimum Gasteiger partial charge on any atom is -0.416 e. The van der Waals surface area contributed by atoms with Crippen molar-refractivity contribution in [2.45, 2.75) is 32.4 Å². The van der Waals surface area contributed by atoms with Crippen molar-refractivity contribution >= 4 is 23.4 Å². The molecule has 0 aliphatic carbocycles. The van der Waals surface area contributed by atoms with Crippen LogP contribution in [-0.4, -0.2) is 31.4 Å². The van der Waals surface area contributed by atoms with E-state index in [9.17, 15) is 14.4 Å². The van der Waals surface area contributed by atoms with E-state index in [1.165, 1.54) is 7.05 Å². The number of thioether (sulfide) groups is 1. The Bertz CT molecular complexity index is 1180. The lowest BCUT2D eigenvalue weighted by Crippen LogP contribution is -2.36. The van der Waals surface area contributed by atoms with Crippen LogP contribution in [0.2, 0.25) is 0 Å². The second-order valence-corrected chi connectivity index (χ2v) is 7.60. The zero-order valence-electron chi connectivity index (χ0n) is 16.5. The van der Waals surface area contributed by atoms with Crippen LogP contribution in [0, 0.1) is 20.8 Å². The monoisotopic (exact) mass is 415 g/mol. The van der Waals surface area contributed by atoms with Gasteiger partial charge in [-0.15, -0.1) is 10.2 Å². The maximum absolute atomic E-state index is 12.3. The first-order chi connectivity index (χ1) is 13.7. The highest BCUT2D eigenvalue weighted by Gasteiger charge is 2.15. The van der Waals surface area contributed by atoms with Gasteiger partial charge in [0.25, 0.3) is 10.8 Å². The summed E-state index contributed by atoms with van der Waals surface area (Å²) in [6.45, 7) is 5.63. The van der Waals surface area contributed by atoms with Crippen LogP contribution < -0.4 is 16.6 Å². The average molecular weight is 415 g/mol. The Morgan fingerprint density at radius 3 is 2.69 bits per heavy atom. The van der Waals surface area contributed by atoms with Crippen LogP contribution >= 0.6 is 11.8 Å². The Hall–Kier alpha value is -3.14. The van der Waals surface area contributed by atoms with Crippen molar-refractivity contribution in [3.8, 4) is 0 Å². The summed E-state index contributed by atoms with van der Waals surface area (Å²) in [5.74, 6) is 0.145. The van der Waals surface area contributed by atoms with Crippen LogP contribution in [0.4, 0.5) is 5.69 Å². The van der Waals surface area contributed by atoms with Gasteiger partial charge in [0.2, 0.25) is 11.8 Å². The third-order valence-electron chi connectivity index (χ3n) is 4.51. The Labute approximate surface area is 170 Å². The molecule has 1 aromatic carbocycles. The third kappa shape index (κ3) is 4.83. The van der Waals surface area contributed by atoms with Crippen molar-refractivity contribution in [2.75, 3.05) is 11.1 Å². The number of aromatic nitrogens is 4. The molecule has 0 aliphatic rings. The van der Waals surface area contributed by atoms with Crippen LogP contribution in [0.1, 0.15) is 28.3 Å². The molecule has 2 aromatic heterocycles. The Morgan fingerprint density at radius 1 is 1.21 bits per heavy atom. The quantitative estimate of drug-likeness (QED) is 0.588. The van der Waals surface area contributed by atoms with Crippen LogP contribution in [0.5, 0.6) is 0 Å². The number of hydrogen-bond donors (Lipinski definition) is 2. The SMILES string of the molecule is Cc1ccc(NC(=O)CSc2nnc(Cc3c(C)[nH]c(=O)n(C)c3=O)o2)cc1C. The minimum atomic E-state index is -0.479. The number of aromatic amines is 1. The highest BCUT2D eigenvalue weighted by atomic mass is 32.2. The van der Waals surface area contributed by atoms with E-state index in [1.54, 1.807) is 6.92 Å². The zero-order valence-corrected chi connectivity index (χ0v) is 17.3. The number of carbonyl (C=O) groups is 1. The van der Waals surface area contributed by atoms with E-state index >= 15 is 0 Å². The molecular weight excluding hydrogens is 394 g/mol. The smallest absolute Gasteiger partial charge is 0.328 e. The van der Waals surface area contributed by atoms with Gasteiger partial charge < -0.3 is 14.7 Å². The molecule has 0 bridgehead atoms. The second-order valence-electron chi connectivity index (χ2n) is 6.67. The lowest BCUT2D eigenvalue weighted by molar-refractivity contribution is -0.113. The predicted octanol–water partition coefficient (Wildman–Crippen LogP) is 1.70. The molecule has 2 N–H and O–H groups in total. The van der Waals surface area contributed by atoms with E-state index in [-0.39, 0.29) is 29.2 Å². The van der Waals surface area contributed by atoms with Gasteiger partial charge in [-0.1, -0.05) is 17.8 Å². The van der Waals surface area contributed by atoms with Gasteiger partial charge in [0.15, 0.2) is 0 Å². The lowest BCUT2D eigenvalue weighted by Gasteiger charge is -2.06. The maximum Gasteiger partial charge on any atom is 0.328 e. The van der Waals surface area contributed by atoms with Gasteiger partial charge in [-0.25, -0.2) is 4.79 Å². The molecule has 0 unspecified atom stereocenters. The van der Waals surface area contributed by atoms with Crippen molar-refractivity contribution < 1.29 is 9.21 Å². The van der Waals surface area contributed by atoms with Crippen LogP contribution in [0.15, 0.2) is 37.4 Å². The number of carbonyl (C=O) groups excluding carboxylic acids is 1. The summed E-state index contributed by atoms with van der Waals surface area (Å²) in [6.07, 6.45) is 0.0949. The van der Waals surface area contributed by atoms with E-state index in [0.717, 1.165) is 33.1 Å². The topological polar surface area (TPSA) is 123 Å². The molecule has 0 radical (unpaired) electrons. The molecule has 152 valence electrons. The Balaban J connectivity index is 1.61. The minimum absolute atomic E-state index is 0.0949. The molecule has 0 saturated carbocycles.